The van der Waals surface area contributed by atoms with Gasteiger partial charge in [-0.15, -0.1) is 0 Å². The van der Waals surface area contributed by atoms with E-state index < -0.39 is 35.6 Å². The number of rotatable bonds is 5. The van der Waals surface area contributed by atoms with Gasteiger partial charge >= 0.3 is 0 Å². The van der Waals surface area contributed by atoms with Crippen LogP contribution in [0.15, 0.2) is 24.3 Å². The number of amides is 2. The fourth-order valence-corrected chi connectivity index (χ4v) is 5.34. The van der Waals surface area contributed by atoms with Crippen LogP contribution in [0.1, 0.15) is 37.9 Å². The Balaban J connectivity index is 1.71. The van der Waals surface area contributed by atoms with Gasteiger partial charge in [-0.25, -0.2) is 0 Å². The van der Waals surface area contributed by atoms with Crippen LogP contribution >= 0.6 is 0 Å². The van der Waals surface area contributed by atoms with Gasteiger partial charge in [-0.05, 0) is 25.3 Å². The quantitative estimate of drug-likeness (QED) is 0.746. The second-order valence-corrected chi connectivity index (χ2v) is 8.11. The number of ether oxygens (including phenoxy) is 2. The number of imide groups is 1. The SMILES string of the molecule is CCCN1C(=O)[C@H]2[C@H](C[C@H](COC)[C@@]3(O)O[C@H](c4ccccc4O)C[C@@H]23)C1=O. The number of carbonyl (C=O) groups is 2. The van der Waals surface area contributed by atoms with Gasteiger partial charge in [-0.3, -0.25) is 14.5 Å². The summed E-state index contributed by atoms with van der Waals surface area (Å²) < 4.78 is 11.4. The number of aliphatic hydroxyl groups is 1. The monoisotopic (exact) mass is 389 g/mol. The molecule has 7 heteroatoms. The number of likely N-dealkylation sites (tertiary alicyclic amines) is 1. The van der Waals surface area contributed by atoms with E-state index in [9.17, 15) is 19.8 Å². The first-order chi connectivity index (χ1) is 13.4. The predicted molar refractivity (Wildman–Crippen MR) is 99.0 cm³/mol. The average molecular weight is 389 g/mol. The van der Waals surface area contributed by atoms with Gasteiger partial charge in [0.15, 0.2) is 5.79 Å². The summed E-state index contributed by atoms with van der Waals surface area (Å²) >= 11 is 0. The van der Waals surface area contributed by atoms with Crippen LogP contribution in [0.5, 0.6) is 5.75 Å². The highest BCUT2D eigenvalue weighted by atomic mass is 16.6. The second-order valence-electron chi connectivity index (χ2n) is 8.11. The molecule has 0 bridgehead atoms. The Morgan fingerprint density at radius 2 is 2.00 bits per heavy atom. The number of phenolic OH excluding ortho intramolecular Hbond substituents is 1. The Hall–Kier alpha value is -1.96. The zero-order chi connectivity index (χ0) is 20.1. The van der Waals surface area contributed by atoms with E-state index in [1.54, 1.807) is 31.4 Å². The molecule has 3 aliphatic rings. The smallest absolute Gasteiger partial charge is 0.233 e. The first-order valence-electron chi connectivity index (χ1n) is 9.94. The predicted octanol–water partition coefficient (Wildman–Crippen LogP) is 1.84. The third kappa shape index (κ3) is 2.76. The van der Waals surface area contributed by atoms with Crippen molar-refractivity contribution >= 4 is 11.8 Å². The molecule has 2 amide bonds. The van der Waals surface area contributed by atoms with E-state index in [-0.39, 0.29) is 24.2 Å². The molecule has 152 valence electrons. The Morgan fingerprint density at radius 3 is 2.68 bits per heavy atom. The Kier molecular flexibility index (Phi) is 4.93. The van der Waals surface area contributed by atoms with E-state index in [4.69, 9.17) is 9.47 Å². The van der Waals surface area contributed by atoms with Crippen molar-refractivity contribution in [1.29, 1.82) is 0 Å². The van der Waals surface area contributed by atoms with Gasteiger partial charge in [-0.2, -0.15) is 0 Å². The van der Waals surface area contributed by atoms with E-state index in [0.717, 1.165) is 0 Å². The van der Waals surface area contributed by atoms with Crippen molar-refractivity contribution in [2.75, 3.05) is 20.3 Å². The molecule has 6 atom stereocenters. The lowest BCUT2D eigenvalue weighted by Crippen LogP contribution is -2.54. The number of hydrogen-bond acceptors (Lipinski definition) is 6. The molecule has 1 saturated carbocycles. The second kappa shape index (κ2) is 7.13. The van der Waals surface area contributed by atoms with Crippen LogP contribution in [0, 0.1) is 23.7 Å². The molecular weight excluding hydrogens is 362 g/mol. The van der Waals surface area contributed by atoms with Crippen LogP contribution in [-0.4, -0.2) is 53.0 Å². The van der Waals surface area contributed by atoms with Crippen molar-refractivity contribution in [3.05, 3.63) is 29.8 Å². The minimum absolute atomic E-state index is 0.0935. The lowest BCUT2D eigenvalue weighted by Gasteiger charge is -2.44. The maximum Gasteiger partial charge on any atom is 0.233 e. The molecule has 1 aliphatic carbocycles. The molecule has 0 spiro atoms. The van der Waals surface area contributed by atoms with Crippen LogP contribution in [0.25, 0.3) is 0 Å². The zero-order valence-electron chi connectivity index (χ0n) is 16.2. The molecule has 4 rings (SSSR count). The van der Waals surface area contributed by atoms with Gasteiger partial charge in [0.05, 0.1) is 24.5 Å². The molecule has 1 aromatic carbocycles. The van der Waals surface area contributed by atoms with E-state index >= 15 is 0 Å². The molecule has 7 nitrogen and oxygen atoms in total. The minimum Gasteiger partial charge on any atom is -0.508 e. The van der Waals surface area contributed by atoms with Gasteiger partial charge in [0.25, 0.3) is 0 Å². The molecular formula is C21H27NO6. The summed E-state index contributed by atoms with van der Waals surface area (Å²) in [6, 6.07) is 6.86. The molecule has 0 aromatic heterocycles. The minimum atomic E-state index is -1.57. The standard InChI is InChI=1S/C21H27NO6/c1-3-8-22-19(24)14-9-12(11-27-2)21(26)15(18(14)20(22)25)10-17(28-21)13-6-4-5-7-16(13)23/h4-7,12,14-15,17-18,23,26H,3,8-11H2,1-2H3/t12-,14+,15+,17+,18+,21-/m1/s1. The van der Waals surface area contributed by atoms with Crippen LogP contribution in [0.2, 0.25) is 0 Å². The maximum absolute atomic E-state index is 13.1. The van der Waals surface area contributed by atoms with Crippen LogP contribution in [-0.2, 0) is 19.1 Å². The van der Waals surface area contributed by atoms with Crippen LogP contribution < -0.4 is 0 Å². The number of hydrogen-bond donors (Lipinski definition) is 2. The van der Waals surface area contributed by atoms with E-state index in [1.807, 2.05) is 6.92 Å². The average Bonchev–Trinajstić information content (AvgIpc) is 3.13. The molecule has 28 heavy (non-hydrogen) atoms. The summed E-state index contributed by atoms with van der Waals surface area (Å²) in [4.78, 5) is 27.3. The molecule has 1 aromatic rings. The number of carbonyl (C=O) groups excluding carboxylic acids is 2. The highest BCUT2D eigenvalue weighted by molar-refractivity contribution is 6.05. The highest BCUT2D eigenvalue weighted by Crippen LogP contribution is 2.58. The maximum atomic E-state index is 13.1. The molecule has 2 N–H and O–H groups in total. The third-order valence-corrected chi connectivity index (χ3v) is 6.55. The van der Waals surface area contributed by atoms with Crippen LogP contribution in [0.4, 0.5) is 0 Å². The number of methoxy groups -OCH3 is 1. The number of phenols is 1. The molecule has 3 fully saturated rings. The molecule has 2 heterocycles. The summed E-state index contributed by atoms with van der Waals surface area (Å²) in [5, 5.41) is 21.8. The first-order valence-corrected chi connectivity index (χ1v) is 9.94. The van der Waals surface area contributed by atoms with Gasteiger partial charge in [0, 0.05) is 31.1 Å². The van der Waals surface area contributed by atoms with Crippen molar-refractivity contribution in [2.45, 2.75) is 38.1 Å². The number of nitrogens with zero attached hydrogens (tertiary/aromatic N) is 1. The van der Waals surface area contributed by atoms with E-state index in [0.29, 0.717) is 31.4 Å². The third-order valence-electron chi connectivity index (χ3n) is 6.55. The number of benzene rings is 1. The lowest BCUT2D eigenvalue weighted by molar-refractivity contribution is -0.275. The number of fused-ring (bicyclic) bond motifs is 3. The van der Waals surface area contributed by atoms with Crippen molar-refractivity contribution in [2.24, 2.45) is 23.7 Å². The van der Waals surface area contributed by atoms with E-state index in [1.165, 1.54) is 4.90 Å². The summed E-state index contributed by atoms with van der Waals surface area (Å²) in [6.07, 6.45) is 0.875. The molecule has 0 radical (unpaired) electrons. The topological polar surface area (TPSA) is 96.3 Å². The van der Waals surface area contributed by atoms with Gasteiger partial charge in [0.2, 0.25) is 11.8 Å². The summed E-state index contributed by atoms with van der Waals surface area (Å²) in [5.74, 6) is -3.81. The fraction of sp³-hybridized carbons (Fsp3) is 0.619. The normalized spacial score (nSPS) is 37.2. The molecule has 0 unspecified atom stereocenters. The first kappa shape index (κ1) is 19.4. The Morgan fingerprint density at radius 1 is 1.25 bits per heavy atom. The number of aromatic hydroxyl groups is 1. The Bertz CT molecular complexity index is 782. The van der Waals surface area contributed by atoms with Gasteiger partial charge in [0.1, 0.15) is 5.75 Å². The fourth-order valence-electron chi connectivity index (χ4n) is 5.34. The van der Waals surface area contributed by atoms with Crippen LogP contribution in [0.3, 0.4) is 0 Å². The van der Waals surface area contributed by atoms with E-state index in [2.05, 4.69) is 0 Å². The van der Waals surface area contributed by atoms with Crippen molar-refractivity contribution in [3.63, 3.8) is 0 Å². The number of para-hydroxylation sites is 1. The van der Waals surface area contributed by atoms with Crippen molar-refractivity contribution in [3.8, 4) is 5.75 Å². The summed E-state index contributed by atoms with van der Waals surface area (Å²) in [6.45, 7) is 2.56. The molecule has 2 saturated heterocycles. The highest BCUT2D eigenvalue weighted by Gasteiger charge is 2.66. The largest absolute Gasteiger partial charge is 0.508 e. The Labute approximate surface area is 164 Å². The van der Waals surface area contributed by atoms with Crippen molar-refractivity contribution < 1.29 is 29.3 Å². The van der Waals surface area contributed by atoms with Crippen molar-refractivity contribution in [1.82, 2.24) is 4.90 Å². The van der Waals surface area contributed by atoms with Gasteiger partial charge in [-0.1, -0.05) is 25.1 Å². The summed E-state index contributed by atoms with van der Waals surface area (Å²) in [7, 11) is 1.55. The zero-order valence-corrected chi connectivity index (χ0v) is 16.2. The van der Waals surface area contributed by atoms with Gasteiger partial charge < -0.3 is 19.7 Å². The summed E-state index contributed by atoms with van der Waals surface area (Å²) in [5.41, 5.74) is 0.584. The lowest BCUT2D eigenvalue weighted by atomic mass is 9.64. The molecule has 2 aliphatic heterocycles.